The number of methoxy groups -OCH3 is 1. The Balaban J connectivity index is 2.13. The summed E-state index contributed by atoms with van der Waals surface area (Å²) in [7, 11) is 1.64. The van der Waals surface area contributed by atoms with Gasteiger partial charge in [0.2, 0.25) is 5.91 Å². The molecule has 1 aromatic carbocycles. The van der Waals surface area contributed by atoms with Gasteiger partial charge in [0.1, 0.15) is 22.9 Å². The van der Waals surface area contributed by atoms with Gasteiger partial charge in [-0.15, -0.1) is 0 Å². The fraction of sp³-hybridized carbons (Fsp3) is 0.300. The molecule has 1 N–H and O–H groups in total. The van der Waals surface area contributed by atoms with Crippen molar-refractivity contribution in [1.29, 1.82) is 0 Å². The van der Waals surface area contributed by atoms with E-state index in [1.54, 1.807) is 7.11 Å². The predicted octanol–water partition coefficient (Wildman–Crippen LogP) is 4.45. The van der Waals surface area contributed by atoms with Crippen molar-refractivity contribution < 1.29 is 9.53 Å². The van der Waals surface area contributed by atoms with Crippen molar-refractivity contribution >= 4 is 17.4 Å². The molecule has 0 atom stereocenters. The van der Waals surface area contributed by atoms with Crippen molar-refractivity contribution in [1.82, 2.24) is 9.38 Å². The number of aryl methyl sites for hydroxylation is 1. The molecule has 5 nitrogen and oxygen atoms in total. The number of amides is 1. The number of imidazole rings is 1. The number of aromatic nitrogens is 2. The standard InChI is InChI=1S/C20H23N3O2/c1-4-5-10-18(24)22-20-19(15-8-6-7-9-16(15)25-3)21-17-13-14(2)11-12-23(17)20/h6-9,11-13H,4-5,10H2,1-3H3,(H,22,24). The van der Waals surface area contributed by atoms with Gasteiger partial charge in [0.25, 0.3) is 0 Å². The average molecular weight is 337 g/mol. The number of carbonyl (C=O) groups is 1. The molecule has 0 bridgehead atoms. The van der Waals surface area contributed by atoms with Crippen LogP contribution in [0.2, 0.25) is 0 Å². The number of hydrogen-bond donors (Lipinski definition) is 1. The van der Waals surface area contributed by atoms with E-state index < -0.39 is 0 Å². The molecule has 2 heterocycles. The van der Waals surface area contributed by atoms with Crippen LogP contribution in [0.5, 0.6) is 5.75 Å². The van der Waals surface area contributed by atoms with E-state index in [9.17, 15) is 4.79 Å². The molecule has 2 aromatic heterocycles. The Bertz CT molecular complexity index is 899. The van der Waals surface area contributed by atoms with E-state index in [-0.39, 0.29) is 5.91 Å². The van der Waals surface area contributed by atoms with Crippen LogP contribution in [-0.2, 0) is 4.79 Å². The molecule has 0 spiro atoms. The number of hydrogen-bond acceptors (Lipinski definition) is 3. The van der Waals surface area contributed by atoms with Crippen LogP contribution in [0.15, 0.2) is 42.6 Å². The van der Waals surface area contributed by atoms with E-state index in [1.165, 1.54) is 0 Å². The van der Waals surface area contributed by atoms with Gasteiger partial charge in [0.05, 0.1) is 7.11 Å². The maximum Gasteiger partial charge on any atom is 0.225 e. The van der Waals surface area contributed by atoms with Crippen molar-refractivity contribution in [2.45, 2.75) is 33.1 Å². The topological polar surface area (TPSA) is 55.6 Å². The number of benzene rings is 1. The summed E-state index contributed by atoms with van der Waals surface area (Å²) in [6.07, 6.45) is 4.29. The summed E-state index contributed by atoms with van der Waals surface area (Å²) >= 11 is 0. The van der Waals surface area contributed by atoms with Crippen LogP contribution in [0.4, 0.5) is 5.82 Å². The zero-order chi connectivity index (χ0) is 17.8. The number of unbranched alkanes of at least 4 members (excludes halogenated alkanes) is 1. The van der Waals surface area contributed by atoms with Gasteiger partial charge in [0.15, 0.2) is 0 Å². The lowest BCUT2D eigenvalue weighted by Gasteiger charge is -2.10. The van der Waals surface area contributed by atoms with E-state index in [0.29, 0.717) is 17.9 Å². The predicted molar refractivity (Wildman–Crippen MR) is 100 cm³/mol. The van der Waals surface area contributed by atoms with Crippen molar-refractivity contribution in [2.75, 3.05) is 12.4 Å². The van der Waals surface area contributed by atoms with Crippen molar-refractivity contribution in [3.05, 3.63) is 48.2 Å². The summed E-state index contributed by atoms with van der Waals surface area (Å²) < 4.78 is 7.40. The lowest BCUT2D eigenvalue weighted by atomic mass is 10.1. The number of nitrogens with zero attached hydrogens (tertiary/aromatic N) is 2. The number of anilines is 1. The molecule has 0 radical (unpaired) electrons. The van der Waals surface area contributed by atoms with Gasteiger partial charge in [-0.1, -0.05) is 25.5 Å². The third-order valence-corrected chi connectivity index (χ3v) is 4.16. The smallest absolute Gasteiger partial charge is 0.225 e. The van der Waals surface area contributed by atoms with Gasteiger partial charge >= 0.3 is 0 Å². The molecule has 0 unspecified atom stereocenters. The summed E-state index contributed by atoms with van der Waals surface area (Å²) in [6, 6.07) is 11.7. The molecule has 130 valence electrons. The molecular formula is C20H23N3O2. The van der Waals surface area contributed by atoms with E-state index in [1.807, 2.05) is 53.9 Å². The highest BCUT2D eigenvalue weighted by atomic mass is 16.5. The van der Waals surface area contributed by atoms with Crippen LogP contribution < -0.4 is 10.1 Å². The monoisotopic (exact) mass is 337 g/mol. The molecule has 0 fully saturated rings. The van der Waals surface area contributed by atoms with Crippen LogP contribution in [-0.4, -0.2) is 22.4 Å². The van der Waals surface area contributed by atoms with Gasteiger partial charge in [-0.2, -0.15) is 0 Å². The lowest BCUT2D eigenvalue weighted by molar-refractivity contribution is -0.116. The van der Waals surface area contributed by atoms with Crippen molar-refractivity contribution in [2.24, 2.45) is 0 Å². The summed E-state index contributed by atoms with van der Waals surface area (Å²) in [4.78, 5) is 17.1. The maximum absolute atomic E-state index is 12.3. The molecule has 0 saturated carbocycles. The fourth-order valence-electron chi connectivity index (χ4n) is 2.83. The highest BCUT2D eigenvalue weighted by Gasteiger charge is 2.19. The zero-order valence-electron chi connectivity index (χ0n) is 14.9. The van der Waals surface area contributed by atoms with Gasteiger partial charge in [-0.3, -0.25) is 9.20 Å². The Labute approximate surface area is 147 Å². The summed E-state index contributed by atoms with van der Waals surface area (Å²) in [5.74, 6) is 1.41. The molecule has 5 heteroatoms. The first kappa shape index (κ1) is 17.0. The first-order chi connectivity index (χ1) is 12.1. The van der Waals surface area contributed by atoms with Gasteiger partial charge in [-0.25, -0.2) is 4.98 Å². The van der Waals surface area contributed by atoms with Crippen LogP contribution in [0.1, 0.15) is 31.7 Å². The molecule has 3 rings (SSSR count). The summed E-state index contributed by atoms with van der Waals surface area (Å²) in [6.45, 7) is 4.10. The van der Waals surface area contributed by atoms with E-state index >= 15 is 0 Å². The lowest BCUT2D eigenvalue weighted by Crippen LogP contribution is -2.13. The number of nitrogens with one attached hydrogen (secondary N) is 1. The molecular weight excluding hydrogens is 314 g/mol. The highest BCUT2D eigenvalue weighted by molar-refractivity contribution is 5.95. The largest absolute Gasteiger partial charge is 0.496 e. The average Bonchev–Trinajstić information content (AvgIpc) is 2.97. The minimum absolute atomic E-state index is 0.000345. The number of para-hydroxylation sites is 1. The highest BCUT2D eigenvalue weighted by Crippen LogP contribution is 2.35. The maximum atomic E-state index is 12.3. The van der Waals surface area contributed by atoms with Crippen molar-refractivity contribution in [3.8, 4) is 17.0 Å². The van der Waals surface area contributed by atoms with E-state index in [0.717, 1.165) is 35.4 Å². The van der Waals surface area contributed by atoms with Crippen LogP contribution in [0, 0.1) is 6.92 Å². The quantitative estimate of drug-likeness (QED) is 0.723. The normalized spacial score (nSPS) is 10.8. The number of rotatable bonds is 6. The molecule has 0 saturated heterocycles. The molecule has 0 aliphatic rings. The number of fused-ring (bicyclic) bond motifs is 1. The molecule has 0 aliphatic heterocycles. The Hall–Kier alpha value is -2.82. The van der Waals surface area contributed by atoms with Gasteiger partial charge in [-0.05, 0) is 43.2 Å². The zero-order valence-corrected chi connectivity index (χ0v) is 14.9. The third-order valence-electron chi connectivity index (χ3n) is 4.16. The van der Waals surface area contributed by atoms with Crippen LogP contribution >= 0.6 is 0 Å². The Kier molecular flexibility index (Phi) is 5.03. The Morgan fingerprint density at radius 2 is 2.08 bits per heavy atom. The number of carbonyl (C=O) groups excluding carboxylic acids is 1. The third kappa shape index (κ3) is 3.50. The first-order valence-corrected chi connectivity index (χ1v) is 8.56. The molecule has 25 heavy (non-hydrogen) atoms. The molecule has 3 aromatic rings. The number of pyridine rings is 1. The minimum atomic E-state index is 0.000345. The second-order valence-corrected chi connectivity index (χ2v) is 6.09. The summed E-state index contributed by atoms with van der Waals surface area (Å²) in [5.41, 5.74) is 3.49. The SMILES string of the molecule is CCCCC(=O)Nc1c(-c2ccccc2OC)nc2cc(C)ccn12. The van der Waals surface area contributed by atoms with Gasteiger partial charge in [0, 0.05) is 18.2 Å². The molecule has 1 amide bonds. The minimum Gasteiger partial charge on any atom is -0.496 e. The number of ether oxygens (including phenoxy) is 1. The van der Waals surface area contributed by atoms with E-state index in [4.69, 9.17) is 9.72 Å². The van der Waals surface area contributed by atoms with E-state index in [2.05, 4.69) is 12.2 Å². The molecule has 0 aliphatic carbocycles. The van der Waals surface area contributed by atoms with Crippen LogP contribution in [0.25, 0.3) is 16.9 Å². The Morgan fingerprint density at radius 1 is 1.28 bits per heavy atom. The second kappa shape index (κ2) is 7.38. The fourth-order valence-corrected chi connectivity index (χ4v) is 2.83. The summed E-state index contributed by atoms with van der Waals surface area (Å²) in [5, 5.41) is 3.04. The van der Waals surface area contributed by atoms with Crippen molar-refractivity contribution in [3.63, 3.8) is 0 Å². The van der Waals surface area contributed by atoms with Crippen LogP contribution in [0.3, 0.4) is 0 Å². The second-order valence-electron chi connectivity index (χ2n) is 6.09. The first-order valence-electron chi connectivity index (χ1n) is 8.56. The van der Waals surface area contributed by atoms with Gasteiger partial charge < -0.3 is 10.1 Å². The Morgan fingerprint density at radius 3 is 2.84 bits per heavy atom.